The predicted octanol–water partition coefficient (Wildman–Crippen LogP) is 9.30. The minimum Gasteiger partial charge on any atom is -0.455 e. The molecule has 0 spiro atoms. The Labute approximate surface area is 222 Å². The van der Waals surface area contributed by atoms with E-state index in [2.05, 4.69) is 122 Å². The highest BCUT2D eigenvalue weighted by Gasteiger charge is 2.24. The van der Waals surface area contributed by atoms with Crippen molar-refractivity contribution in [1.29, 1.82) is 0 Å². The molecular weight excluding hydrogens is 462 g/mol. The van der Waals surface area contributed by atoms with Crippen molar-refractivity contribution in [2.75, 3.05) is 0 Å². The highest BCUT2D eigenvalue weighted by molar-refractivity contribution is 6.13. The van der Waals surface area contributed by atoms with E-state index in [0.29, 0.717) is 0 Å². The molecular formula is C36H27NO. The maximum Gasteiger partial charge on any atom is 0.143 e. The highest BCUT2D eigenvalue weighted by Crippen LogP contribution is 2.39. The summed E-state index contributed by atoms with van der Waals surface area (Å²) in [7, 11) is 0. The first-order valence-corrected chi connectivity index (χ1v) is 13.0. The molecule has 2 heteroatoms. The standard InChI is InChI=1S/C36H27NO/c1-36(37,29-15-3-2-4-16-29)30-17-8-13-25(21-30)24-12-7-14-28(20-24)31-18-9-19-32-33-22-26-10-5-6-11-27(26)23-34(33)38-35(31)32/h2-23H,37H2,1H3. The van der Waals surface area contributed by atoms with Gasteiger partial charge in [0.1, 0.15) is 11.2 Å². The van der Waals surface area contributed by atoms with Gasteiger partial charge in [-0.3, -0.25) is 0 Å². The van der Waals surface area contributed by atoms with Crippen LogP contribution in [0.15, 0.2) is 138 Å². The number of hydrogen-bond acceptors (Lipinski definition) is 2. The maximum atomic E-state index is 6.85. The largest absolute Gasteiger partial charge is 0.455 e. The average Bonchev–Trinajstić information content (AvgIpc) is 3.34. The third-order valence-corrected chi connectivity index (χ3v) is 7.71. The van der Waals surface area contributed by atoms with Crippen LogP contribution in [-0.2, 0) is 5.54 Å². The van der Waals surface area contributed by atoms with Gasteiger partial charge in [-0.05, 0) is 69.8 Å². The van der Waals surface area contributed by atoms with Crippen molar-refractivity contribution in [2.24, 2.45) is 5.73 Å². The molecule has 0 fully saturated rings. The Bertz CT molecular complexity index is 1950. The molecule has 7 rings (SSSR count). The lowest BCUT2D eigenvalue weighted by Crippen LogP contribution is -2.34. The van der Waals surface area contributed by atoms with E-state index in [1.54, 1.807) is 0 Å². The fourth-order valence-corrected chi connectivity index (χ4v) is 5.55. The fourth-order valence-electron chi connectivity index (χ4n) is 5.55. The summed E-state index contributed by atoms with van der Waals surface area (Å²) < 4.78 is 6.49. The molecule has 6 aromatic carbocycles. The molecule has 0 bridgehead atoms. The normalized spacial score (nSPS) is 13.2. The number of nitrogens with two attached hydrogens (primary N) is 1. The Morgan fingerprint density at radius 2 is 1.16 bits per heavy atom. The zero-order valence-electron chi connectivity index (χ0n) is 21.2. The summed E-state index contributed by atoms with van der Waals surface area (Å²) in [6.07, 6.45) is 0. The maximum absolute atomic E-state index is 6.85. The van der Waals surface area contributed by atoms with Gasteiger partial charge in [-0.2, -0.15) is 0 Å². The summed E-state index contributed by atoms with van der Waals surface area (Å²) in [5.74, 6) is 0. The number of rotatable bonds is 4. The molecule has 2 N–H and O–H groups in total. The fraction of sp³-hybridized carbons (Fsp3) is 0.0556. The number of hydrogen-bond donors (Lipinski definition) is 1. The lowest BCUT2D eigenvalue weighted by Gasteiger charge is -2.26. The average molecular weight is 490 g/mol. The van der Waals surface area contributed by atoms with Crippen molar-refractivity contribution in [3.05, 3.63) is 145 Å². The van der Waals surface area contributed by atoms with Crippen molar-refractivity contribution >= 4 is 32.7 Å². The van der Waals surface area contributed by atoms with E-state index in [1.807, 2.05) is 18.2 Å². The van der Waals surface area contributed by atoms with E-state index in [1.165, 1.54) is 10.8 Å². The summed E-state index contributed by atoms with van der Waals surface area (Å²) in [4.78, 5) is 0. The second-order valence-corrected chi connectivity index (χ2v) is 10.2. The van der Waals surface area contributed by atoms with Crippen LogP contribution in [0.5, 0.6) is 0 Å². The Kier molecular flexibility index (Phi) is 5.17. The van der Waals surface area contributed by atoms with E-state index < -0.39 is 5.54 Å². The van der Waals surface area contributed by atoms with Crippen molar-refractivity contribution < 1.29 is 4.42 Å². The topological polar surface area (TPSA) is 39.2 Å². The van der Waals surface area contributed by atoms with Gasteiger partial charge in [-0.25, -0.2) is 0 Å². The van der Waals surface area contributed by atoms with E-state index >= 15 is 0 Å². The van der Waals surface area contributed by atoms with Crippen molar-refractivity contribution in [3.63, 3.8) is 0 Å². The molecule has 0 amide bonds. The first-order chi connectivity index (χ1) is 18.6. The molecule has 7 aromatic rings. The molecule has 0 saturated carbocycles. The minimum atomic E-state index is -0.585. The summed E-state index contributed by atoms with van der Waals surface area (Å²) >= 11 is 0. The molecule has 0 aliphatic heterocycles. The smallest absolute Gasteiger partial charge is 0.143 e. The Hall–Kier alpha value is -4.66. The van der Waals surface area contributed by atoms with Gasteiger partial charge in [-0.15, -0.1) is 0 Å². The molecule has 1 aromatic heterocycles. The van der Waals surface area contributed by atoms with Gasteiger partial charge in [0.15, 0.2) is 0 Å². The lowest BCUT2D eigenvalue weighted by molar-refractivity contribution is 0.603. The molecule has 38 heavy (non-hydrogen) atoms. The van der Waals surface area contributed by atoms with E-state index in [-0.39, 0.29) is 0 Å². The molecule has 0 aliphatic carbocycles. The van der Waals surface area contributed by atoms with Gasteiger partial charge in [0.25, 0.3) is 0 Å². The minimum absolute atomic E-state index is 0.585. The van der Waals surface area contributed by atoms with Crippen molar-refractivity contribution in [2.45, 2.75) is 12.5 Å². The summed E-state index contributed by atoms with van der Waals surface area (Å²) in [6, 6.07) is 46.7. The molecule has 1 unspecified atom stereocenters. The number of furan rings is 1. The zero-order valence-corrected chi connectivity index (χ0v) is 21.2. The first kappa shape index (κ1) is 22.5. The van der Waals surface area contributed by atoms with Crippen LogP contribution in [0, 0.1) is 0 Å². The van der Waals surface area contributed by atoms with Crippen LogP contribution in [0.4, 0.5) is 0 Å². The van der Waals surface area contributed by atoms with Crippen LogP contribution in [-0.4, -0.2) is 0 Å². The van der Waals surface area contributed by atoms with Crippen LogP contribution in [0.1, 0.15) is 18.1 Å². The Morgan fingerprint density at radius 3 is 1.97 bits per heavy atom. The monoisotopic (exact) mass is 489 g/mol. The SMILES string of the molecule is CC(N)(c1ccccc1)c1cccc(-c2cccc(-c3cccc4c3oc3cc5ccccc5cc34)c2)c1. The zero-order chi connectivity index (χ0) is 25.7. The van der Waals surface area contributed by atoms with Crippen LogP contribution < -0.4 is 5.73 Å². The summed E-state index contributed by atoms with van der Waals surface area (Å²) in [5.41, 5.74) is 14.8. The van der Waals surface area contributed by atoms with Gasteiger partial charge in [0.05, 0.1) is 5.54 Å². The third kappa shape index (κ3) is 3.70. The second-order valence-electron chi connectivity index (χ2n) is 10.2. The quantitative estimate of drug-likeness (QED) is 0.267. The van der Waals surface area contributed by atoms with Gasteiger partial charge < -0.3 is 10.2 Å². The molecule has 2 nitrogen and oxygen atoms in total. The molecule has 0 aliphatic rings. The van der Waals surface area contributed by atoms with Gasteiger partial charge in [0, 0.05) is 16.3 Å². The number of fused-ring (bicyclic) bond motifs is 4. The van der Waals surface area contributed by atoms with E-state index in [9.17, 15) is 0 Å². The van der Waals surface area contributed by atoms with Crippen LogP contribution in [0.25, 0.3) is 55.0 Å². The van der Waals surface area contributed by atoms with Gasteiger partial charge >= 0.3 is 0 Å². The number of para-hydroxylation sites is 1. The second kappa shape index (κ2) is 8.72. The molecule has 1 atom stereocenters. The molecule has 0 saturated heterocycles. The summed E-state index contributed by atoms with van der Waals surface area (Å²) in [5, 5.41) is 4.69. The molecule has 182 valence electrons. The Morgan fingerprint density at radius 1 is 0.526 bits per heavy atom. The molecule has 1 heterocycles. The first-order valence-electron chi connectivity index (χ1n) is 13.0. The molecule has 0 radical (unpaired) electrons. The Balaban J connectivity index is 1.33. The van der Waals surface area contributed by atoms with Crippen LogP contribution in [0.2, 0.25) is 0 Å². The highest BCUT2D eigenvalue weighted by atomic mass is 16.3. The van der Waals surface area contributed by atoms with Gasteiger partial charge in [-0.1, -0.05) is 109 Å². The predicted molar refractivity (Wildman–Crippen MR) is 159 cm³/mol. The summed E-state index contributed by atoms with van der Waals surface area (Å²) in [6.45, 7) is 2.07. The van der Waals surface area contributed by atoms with Crippen LogP contribution >= 0.6 is 0 Å². The van der Waals surface area contributed by atoms with E-state index in [0.717, 1.165) is 55.3 Å². The van der Waals surface area contributed by atoms with E-state index in [4.69, 9.17) is 10.2 Å². The third-order valence-electron chi connectivity index (χ3n) is 7.71. The van der Waals surface area contributed by atoms with Gasteiger partial charge in [0.2, 0.25) is 0 Å². The van der Waals surface area contributed by atoms with Crippen LogP contribution in [0.3, 0.4) is 0 Å². The number of benzene rings is 6. The van der Waals surface area contributed by atoms with Crippen molar-refractivity contribution in [3.8, 4) is 22.3 Å². The van der Waals surface area contributed by atoms with Crippen molar-refractivity contribution in [1.82, 2.24) is 0 Å². The lowest BCUT2D eigenvalue weighted by atomic mass is 9.84.